The maximum Gasteiger partial charge on any atom is 0.211 e. The molecule has 1 N–H and O–H groups in total. The lowest BCUT2D eigenvalue weighted by atomic mass is 10.0. The lowest BCUT2D eigenvalue weighted by molar-refractivity contribution is 0.103. The summed E-state index contributed by atoms with van der Waals surface area (Å²) >= 11 is 0. The molecular formula is C22H21NO5. The maximum atomic E-state index is 13.0. The quantitative estimate of drug-likeness (QED) is 0.633. The van der Waals surface area contributed by atoms with Crippen LogP contribution in [-0.4, -0.2) is 37.2 Å². The molecule has 2 aromatic carbocycles. The smallest absolute Gasteiger partial charge is 0.211 e. The standard InChI is InChI=1S/C22H21NO5/c1-26-19-11-16(12-20(27-2)22(19)28-3)21(25)18-6-4-5-17(23-18)15-9-7-14(13-24)8-10-15/h4-12,24H,13H2,1-3H3. The molecule has 6 nitrogen and oxygen atoms in total. The van der Waals surface area contributed by atoms with Gasteiger partial charge in [0.2, 0.25) is 11.5 Å². The van der Waals surface area contributed by atoms with Crippen molar-refractivity contribution >= 4 is 5.78 Å². The van der Waals surface area contributed by atoms with E-state index in [1.807, 2.05) is 30.3 Å². The van der Waals surface area contributed by atoms with Crippen LogP contribution in [0.25, 0.3) is 11.3 Å². The van der Waals surface area contributed by atoms with E-state index >= 15 is 0 Å². The van der Waals surface area contributed by atoms with E-state index in [0.29, 0.717) is 34.2 Å². The number of aliphatic hydroxyl groups is 1. The fourth-order valence-electron chi connectivity index (χ4n) is 2.86. The summed E-state index contributed by atoms with van der Waals surface area (Å²) in [5.74, 6) is 0.974. The number of aliphatic hydroxyl groups excluding tert-OH is 1. The molecule has 0 aliphatic heterocycles. The van der Waals surface area contributed by atoms with Gasteiger partial charge in [-0.2, -0.15) is 0 Å². The monoisotopic (exact) mass is 379 g/mol. The number of hydrogen-bond acceptors (Lipinski definition) is 6. The molecule has 3 rings (SSSR count). The van der Waals surface area contributed by atoms with Crippen LogP contribution in [0.15, 0.2) is 54.6 Å². The largest absolute Gasteiger partial charge is 0.493 e. The summed E-state index contributed by atoms with van der Waals surface area (Å²) in [5, 5.41) is 9.18. The van der Waals surface area contributed by atoms with Gasteiger partial charge in [-0.15, -0.1) is 0 Å². The molecule has 0 radical (unpaired) electrons. The van der Waals surface area contributed by atoms with Crippen molar-refractivity contribution in [3.8, 4) is 28.5 Å². The van der Waals surface area contributed by atoms with Crippen LogP contribution in [0.4, 0.5) is 0 Å². The highest BCUT2D eigenvalue weighted by Crippen LogP contribution is 2.38. The molecule has 0 atom stereocenters. The molecule has 6 heteroatoms. The normalized spacial score (nSPS) is 10.4. The average Bonchev–Trinajstić information content (AvgIpc) is 2.77. The molecule has 0 amide bonds. The van der Waals surface area contributed by atoms with Crippen LogP contribution in [0, 0.1) is 0 Å². The fourth-order valence-corrected chi connectivity index (χ4v) is 2.86. The third-order valence-electron chi connectivity index (χ3n) is 4.34. The molecule has 0 aliphatic carbocycles. The second kappa shape index (κ2) is 8.54. The Balaban J connectivity index is 1.99. The summed E-state index contributed by atoms with van der Waals surface area (Å²) in [5.41, 5.74) is 3.03. The number of hydrogen-bond donors (Lipinski definition) is 1. The van der Waals surface area contributed by atoms with Crippen LogP contribution in [0.5, 0.6) is 17.2 Å². The number of pyridine rings is 1. The molecule has 0 saturated carbocycles. The van der Waals surface area contributed by atoms with Gasteiger partial charge in [0.1, 0.15) is 5.69 Å². The molecule has 3 aromatic rings. The Kier molecular flexibility index (Phi) is 5.91. The third kappa shape index (κ3) is 3.82. The van der Waals surface area contributed by atoms with Crippen molar-refractivity contribution in [3.05, 3.63) is 71.4 Å². The highest BCUT2D eigenvalue weighted by Gasteiger charge is 2.19. The lowest BCUT2D eigenvalue weighted by Gasteiger charge is -2.13. The van der Waals surface area contributed by atoms with Crippen LogP contribution < -0.4 is 14.2 Å². The maximum absolute atomic E-state index is 13.0. The second-order valence-electron chi connectivity index (χ2n) is 6.01. The second-order valence-corrected chi connectivity index (χ2v) is 6.01. The van der Waals surface area contributed by atoms with Gasteiger partial charge in [-0.3, -0.25) is 4.79 Å². The van der Waals surface area contributed by atoms with E-state index < -0.39 is 0 Å². The van der Waals surface area contributed by atoms with Gasteiger partial charge in [0.05, 0.1) is 33.6 Å². The van der Waals surface area contributed by atoms with Gasteiger partial charge >= 0.3 is 0 Å². The van der Waals surface area contributed by atoms with Gasteiger partial charge in [-0.05, 0) is 29.8 Å². The van der Waals surface area contributed by atoms with Gasteiger partial charge in [0.25, 0.3) is 0 Å². The summed E-state index contributed by atoms with van der Waals surface area (Å²) in [6.45, 7) is -0.0205. The zero-order chi connectivity index (χ0) is 20.1. The van der Waals surface area contributed by atoms with Crippen LogP contribution in [0.3, 0.4) is 0 Å². The summed E-state index contributed by atoms with van der Waals surface area (Å²) in [4.78, 5) is 17.5. The van der Waals surface area contributed by atoms with Crippen molar-refractivity contribution < 1.29 is 24.1 Å². The first kappa shape index (κ1) is 19.4. The summed E-state index contributed by atoms with van der Waals surface area (Å²) in [6.07, 6.45) is 0. The molecule has 1 heterocycles. The minimum absolute atomic E-state index is 0.0205. The molecule has 0 unspecified atom stereocenters. The molecular weight excluding hydrogens is 358 g/mol. The number of carbonyl (C=O) groups is 1. The summed E-state index contributed by atoms with van der Waals surface area (Å²) in [6, 6.07) is 15.9. The number of ketones is 1. The predicted molar refractivity (Wildman–Crippen MR) is 105 cm³/mol. The van der Waals surface area contributed by atoms with E-state index in [4.69, 9.17) is 14.2 Å². The predicted octanol–water partition coefficient (Wildman–Crippen LogP) is 3.50. The van der Waals surface area contributed by atoms with E-state index in [2.05, 4.69) is 4.98 Å². The number of aromatic nitrogens is 1. The third-order valence-corrected chi connectivity index (χ3v) is 4.34. The van der Waals surface area contributed by atoms with E-state index in [9.17, 15) is 9.90 Å². The Morgan fingerprint density at radius 3 is 2.11 bits per heavy atom. The van der Waals surface area contributed by atoms with Crippen LogP contribution in [-0.2, 0) is 6.61 Å². The van der Waals surface area contributed by atoms with Gasteiger partial charge < -0.3 is 19.3 Å². The average molecular weight is 379 g/mol. The van der Waals surface area contributed by atoms with Crippen molar-refractivity contribution in [2.75, 3.05) is 21.3 Å². The molecule has 28 heavy (non-hydrogen) atoms. The zero-order valence-electron chi connectivity index (χ0n) is 15.9. The number of rotatable bonds is 7. The van der Waals surface area contributed by atoms with Gasteiger partial charge in [0, 0.05) is 11.1 Å². The van der Waals surface area contributed by atoms with Gasteiger partial charge in [0.15, 0.2) is 11.5 Å². The van der Waals surface area contributed by atoms with E-state index in [-0.39, 0.29) is 12.4 Å². The first-order valence-corrected chi connectivity index (χ1v) is 8.63. The number of nitrogens with zero attached hydrogens (tertiary/aromatic N) is 1. The number of methoxy groups -OCH3 is 3. The Morgan fingerprint density at radius 2 is 1.57 bits per heavy atom. The van der Waals surface area contributed by atoms with Gasteiger partial charge in [-0.1, -0.05) is 30.3 Å². The van der Waals surface area contributed by atoms with Crippen molar-refractivity contribution in [3.63, 3.8) is 0 Å². The topological polar surface area (TPSA) is 77.9 Å². The first-order valence-electron chi connectivity index (χ1n) is 8.63. The van der Waals surface area contributed by atoms with Crippen LogP contribution in [0.2, 0.25) is 0 Å². The van der Waals surface area contributed by atoms with Crippen molar-refractivity contribution in [2.24, 2.45) is 0 Å². The lowest BCUT2D eigenvalue weighted by Crippen LogP contribution is -2.06. The van der Waals surface area contributed by atoms with Crippen LogP contribution in [0.1, 0.15) is 21.6 Å². The molecule has 144 valence electrons. The molecule has 0 fully saturated rings. The van der Waals surface area contributed by atoms with Crippen molar-refractivity contribution in [2.45, 2.75) is 6.61 Å². The van der Waals surface area contributed by atoms with Crippen molar-refractivity contribution in [1.29, 1.82) is 0 Å². The Morgan fingerprint density at radius 1 is 0.929 bits per heavy atom. The molecule has 1 aromatic heterocycles. The first-order chi connectivity index (χ1) is 13.6. The molecule has 0 aliphatic rings. The van der Waals surface area contributed by atoms with Crippen LogP contribution >= 0.6 is 0 Å². The Labute approximate surface area is 163 Å². The molecule has 0 spiro atoms. The zero-order valence-corrected chi connectivity index (χ0v) is 15.9. The van der Waals surface area contributed by atoms with E-state index in [0.717, 1.165) is 11.1 Å². The summed E-state index contributed by atoms with van der Waals surface area (Å²) in [7, 11) is 4.51. The Bertz CT molecular complexity index is 957. The minimum Gasteiger partial charge on any atom is -0.493 e. The highest BCUT2D eigenvalue weighted by atomic mass is 16.5. The highest BCUT2D eigenvalue weighted by molar-refractivity contribution is 6.08. The summed E-state index contributed by atoms with van der Waals surface area (Å²) < 4.78 is 15.9. The van der Waals surface area contributed by atoms with Crippen molar-refractivity contribution in [1.82, 2.24) is 4.98 Å². The van der Waals surface area contributed by atoms with E-state index in [1.165, 1.54) is 21.3 Å². The fraction of sp³-hybridized carbons (Fsp3) is 0.182. The van der Waals surface area contributed by atoms with E-state index in [1.54, 1.807) is 24.3 Å². The number of benzene rings is 2. The minimum atomic E-state index is -0.256. The molecule has 0 bridgehead atoms. The number of carbonyl (C=O) groups excluding carboxylic acids is 1. The molecule has 0 saturated heterocycles. The Hall–Kier alpha value is -3.38. The van der Waals surface area contributed by atoms with Gasteiger partial charge in [-0.25, -0.2) is 4.98 Å². The SMILES string of the molecule is COc1cc(C(=O)c2cccc(-c3ccc(CO)cc3)n2)cc(OC)c1OC. The number of ether oxygens (including phenoxy) is 3.